The maximum Gasteiger partial charge on any atom is 0.257 e. The van der Waals surface area contributed by atoms with Crippen LogP contribution in [-0.4, -0.2) is 32.2 Å². The van der Waals surface area contributed by atoms with Crippen molar-refractivity contribution < 1.29 is 19.0 Å². The van der Waals surface area contributed by atoms with Crippen molar-refractivity contribution in [3.63, 3.8) is 0 Å². The highest BCUT2D eigenvalue weighted by Gasteiger charge is 2.17. The number of nitrogens with zero attached hydrogens (tertiary/aromatic N) is 1. The molecule has 0 aliphatic heterocycles. The lowest BCUT2D eigenvalue weighted by Crippen LogP contribution is -2.13. The van der Waals surface area contributed by atoms with Gasteiger partial charge in [-0.15, -0.1) is 0 Å². The number of ether oxygens (including phenoxy) is 3. The number of rotatable bonds is 5. The van der Waals surface area contributed by atoms with E-state index in [1.807, 2.05) is 19.1 Å². The zero-order chi connectivity index (χ0) is 16.1. The second-order valence-corrected chi connectivity index (χ2v) is 4.53. The molecule has 0 saturated heterocycles. The van der Waals surface area contributed by atoms with Crippen LogP contribution in [0.2, 0.25) is 0 Å². The summed E-state index contributed by atoms with van der Waals surface area (Å²) in [6.07, 6.45) is 0. The number of nitrogens with one attached hydrogen (secondary N) is 1. The van der Waals surface area contributed by atoms with E-state index >= 15 is 0 Å². The zero-order valence-corrected chi connectivity index (χ0v) is 13.0. The molecule has 2 aromatic rings. The summed E-state index contributed by atoms with van der Waals surface area (Å²) in [6, 6.07) is 8.59. The van der Waals surface area contributed by atoms with Gasteiger partial charge in [-0.25, -0.2) is 4.98 Å². The van der Waals surface area contributed by atoms with E-state index in [2.05, 4.69) is 10.3 Å². The van der Waals surface area contributed by atoms with E-state index in [1.165, 1.54) is 21.3 Å². The van der Waals surface area contributed by atoms with Gasteiger partial charge in [-0.2, -0.15) is 0 Å². The second-order valence-electron chi connectivity index (χ2n) is 4.53. The third kappa shape index (κ3) is 3.28. The van der Waals surface area contributed by atoms with Gasteiger partial charge in [-0.3, -0.25) is 4.79 Å². The summed E-state index contributed by atoms with van der Waals surface area (Å²) in [5.74, 6) is 1.46. The molecule has 0 aliphatic carbocycles. The molecule has 6 nitrogen and oxygen atoms in total. The number of pyridine rings is 1. The third-order valence-electron chi connectivity index (χ3n) is 3.06. The van der Waals surface area contributed by atoms with Gasteiger partial charge in [0.1, 0.15) is 5.82 Å². The number of methoxy groups -OCH3 is 3. The minimum Gasteiger partial charge on any atom is -0.493 e. The number of amides is 1. The zero-order valence-electron chi connectivity index (χ0n) is 13.0. The summed E-state index contributed by atoms with van der Waals surface area (Å²) in [7, 11) is 4.51. The quantitative estimate of drug-likeness (QED) is 0.919. The second kappa shape index (κ2) is 6.80. The molecule has 1 aromatic heterocycles. The highest BCUT2D eigenvalue weighted by atomic mass is 16.5. The largest absolute Gasteiger partial charge is 0.493 e. The Balaban J connectivity index is 2.33. The number of hydrogen-bond acceptors (Lipinski definition) is 5. The maximum atomic E-state index is 12.4. The molecule has 1 heterocycles. The SMILES string of the molecule is COc1cc(C(=O)Nc2cccc(C)n2)cc(OC)c1OC. The predicted molar refractivity (Wildman–Crippen MR) is 83.0 cm³/mol. The van der Waals surface area contributed by atoms with E-state index in [0.717, 1.165) is 5.69 Å². The molecule has 0 bridgehead atoms. The smallest absolute Gasteiger partial charge is 0.257 e. The van der Waals surface area contributed by atoms with Crippen LogP contribution in [-0.2, 0) is 0 Å². The molecule has 1 aromatic carbocycles. The molecule has 116 valence electrons. The molecular formula is C16H18N2O4. The monoisotopic (exact) mass is 302 g/mol. The highest BCUT2D eigenvalue weighted by Crippen LogP contribution is 2.38. The Hall–Kier alpha value is -2.76. The number of carbonyl (C=O) groups excluding carboxylic acids is 1. The Morgan fingerprint density at radius 1 is 1.05 bits per heavy atom. The molecule has 0 unspecified atom stereocenters. The molecule has 0 spiro atoms. The number of aromatic nitrogens is 1. The van der Waals surface area contributed by atoms with Crippen molar-refractivity contribution in [1.29, 1.82) is 0 Å². The average molecular weight is 302 g/mol. The molecule has 1 N–H and O–H groups in total. The number of hydrogen-bond donors (Lipinski definition) is 1. The van der Waals surface area contributed by atoms with Crippen LogP contribution in [0.15, 0.2) is 30.3 Å². The standard InChI is InChI=1S/C16H18N2O4/c1-10-6-5-7-14(17-10)18-16(19)11-8-12(20-2)15(22-4)13(9-11)21-3/h5-9H,1-4H3,(H,17,18,19). The van der Waals surface area contributed by atoms with Gasteiger partial charge in [0.15, 0.2) is 11.5 Å². The molecular weight excluding hydrogens is 284 g/mol. The van der Waals surface area contributed by atoms with Crippen molar-refractivity contribution >= 4 is 11.7 Å². The van der Waals surface area contributed by atoms with Crippen LogP contribution in [0.3, 0.4) is 0 Å². The number of benzene rings is 1. The number of anilines is 1. The summed E-state index contributed by atoms with van der Waals surface area (Å²) in [5.41, 5.74) is 1.21. The van der Waals surface area contributed by atoms with Gasteiger partial charge in [0, 0.05) is 11.3 Å². The summed E-state index contributed by atoms with van der Waals surface area (Å²) < 4.78 is 15.7. The Morgan fingerprint density at radius 3 is 2.18 bits per heavy atom. The lowest BCUT2D eigenvalue weighted by atomic mass is 10.1. The van der Waals surface area contributed by atoms with Crippen molar-refractivity contribution in [2.45, 2.75) is 6.92 Å². The lowest BCUT2D eigenvalue weighted by Gasteiger charge is -2.14. The molecule has 2 rings (SSSR count). The van der Waals surface area contributed by atoms with E-state index < -0.39 is 0 Å². The van der Waals surface area contributed by atoms with Crippen LogP contribution in [0, 0.1) is 6.92 Å². The van der Waals surface area contributed by atoms with Crippen molar-refractivity contribution in [2.75, 3.05) is 26.6 Å². The first-order valence-corrected chi connectivity index (χ1v) is 6.64. The first-order chi connectivity index (χ1) is 10.6. The fraction of sp³-hybridized carbons (Fsp3) is 0.250. The van der Waals surface area contributed by atoms with E-state index in [1.54, 1.807) is 18.2 Å². The first-order valence-electron chi connectivity index (χ1n) is 6.64. The van der Waals surface area contributed by atoms with Gasteiger partial charge in [-0.1, -0.05) is 6.07 Å². The van der Waals surface area contributed by atoms with Gasteiger partial charge in [0.2, 0.25) is 5.75 Å². The minimum atomic E-state index is -0.308. The predicted octanol–water partition coefficient (Wildman–Crippen LogP) is 2.67. The first kappa shape index (κ1) is 15.6. The van der Waals surface area contributed by atoms with Gasteiger partial charge in [0.05, 0.1) is 21.3 Å². The van der Waals surface area contributed by atoms with Gasteiger partial charge < -0.3 is 19.5 Å². The Bertz CT molecular complexity index is 661. The van der Waals surface area contributed by atoms with Gasteiger partial charge in [0.25, 0.3) is 5.91 Å². The van der Waals surface area contributed by atoms with Crippen LogP contribution in [0.5, 0.6) is 17.2 Å². The van der Waals surface area contributed by atoms with Crippen molar-refractivity contribution in [3.8, 4) is 17.2 Å². The molecule has 6 heteroatoms. The molecule has 1 amide bonds. The summed E-state index contributed by atoms with van der Waals surface area (Å²) >= 11 is 0. The van der Waals surface area contributed by atoms with E-state index in [0.29, 0.717) is 28.6 Å². The van der Waals surface area contributed by atoms with Crippen LogP contribution in [0.25, 0.3) is 0 Å². The molecule has 0 aliphatic rings. The molecule has 22 heavy (non-hydrogen) atoms. The van der Waals surface area contributed by atoms with Crippen LogP contribution in [0.4, 0.5) is 5.82 Å². The molecule has 0 fully saturated rings. The van der Waals surface area contributed by atoms with Crippen molar-refractivity contribution in [3.05, 3.63) is 41.6 Å². The average Bonchev–Trinajstić information content (AvgIpc) is 2.53. The highest BCUT2D eigenvalue weighted by molar-refractivity contribution is 6.04. The molecule has 0 radical (unpaired) electrons. The van der Waals surface area contributed by atoms with Crippen LogP contribution < -0.4 is 19.5 Å². The van der Waals surface area contributed by atoms with Gasteiger partial charge in [-0.05, 0) is 31.2 Å². The van der Waals surface area contributed by atoms with Crippen LogP contribution in [0.1, 0.15) is 16.1 Å². The van der Waals surface area contributed by atoms with Crippen LogP contribution >= 0.6 is 0 Å². The number of aryl methyl sites for hydroxylation is 1. The van der Waals surface area contributed by atoms with Crippen molar-refractivity contribution in [2.24, 2.45) is 0 Å². The Kier molecular flexibility index (Phi) is 4.83. The summed E-state index contributed by atoms with van der Waals surface area (Å²) in [4.78, 5) is 16.6. The molecule has 0 atom stereocenters. The fourth-order valence-corrected chi connectivity index (χ4v) is 2.01. The summed E-state index contributed by atoms with van der Waals surface area (Å²) in [6.45, 7) is 1.86. The maximum absolute atomic E-state index is 12.4. The van der Waals surface area contributed by atoms with E-state index in [9.17, 15) is 4.79 Å². The third-order valence-corrected chi connectivity index (χ3v) is 3.06. The molecule has 0 saturated carbocycles. The topological polar surface area (TPSA) is 69.7 Å². The lowest BCUT2D eigenvalue weighted by molar-refractivity contribution is 0.102. The van der Waals surface area contributed by atoms with E-state index in [4.69, 9.17) is 14.2 Å². The normalized spacial score (nSPS) is 10.0. The van der Waals surface area contributed by atoms with Crippen molar-refractivity contribution in [1.82, 2.24) is 4.98 Å². The van der Waals surface area contributed by atoms with Gasteiger partial charge >= 0.3 is 0 Å². The summed E-state index contributed by atoms with van der Waals surface area (Å²) in [5, 5.41) is 2.74. The Morgan fingerprint density at radius 2 is 1.68 bits per heavy atom. The van der Waals surface area contributed by atoms with E-state index in [-0.39, 0.29) is 5.91 Å². The number of carbonyl (C=O) groups is 1. The fourth-order valence-electron chi connectivity index (χ4n) is 2.01. The Labute approximate surface area is 129 Å². The minimum absolute atomic E-state index is 0.308.